The van der Waals surface area contributed by atoms with Gasteiger partial charge in [0.2, 0.25) is 0 Å². The van der Waals surface area contributed by atoms with E-state index in [4.69, 9.17) is 5.73 Å². The van der Waals surface area contributed by atoms with Gasteiger partial charge in [0.05, 0.1) is 0 Å². The van der Waals surface area contributed by atoms with Crippen LogP contribution in [-0.4, -0.2) is 15.5 Å². The predicted molar refractivity (Wildman–Crippen MR) is 63.9 cm³/mol. The Morgan fingerprint density at radius 1 is 1.31 bits per heavy atom. The van der Waals surface area contributed by atoms with Gasteiger partial charge in [0, 0.05) is 23.5 Å². The number of benzene rings is 1. The van der Waals surface area contributed by atoms with Gasteiger partial charge in [0.1, 0.15) is 5.82 Å². The van der Waals surface area contributed by atoms with Crippen molar-refractivity contribution < 1.29 is 0 Å². The predicted octanol–water partition coefficient (Wildman–Crippen LogP) is 2.11. The minimum absolute atomic E-state index is 0.0443. The molecule has 0 amide bonds. The second kappa shape index (κ2) is 3.46. The van der Waals surface area contributed by atoms with Crippen LogP contribution in [0.3, 0.4) is 0 Å². The van der Waals surface area contributed by atoms with Crippen molar-refractivity contribution in [2.24, 2.45) is 5.73 Å². The lowest BCUT2D eigenvalue weighted by atomic mass is 9.99. The van der Waals surface area contributed by atoms with Crippen molar-refractivity contribution in [1.29, 1.82) is 0 Å². The average Bonchev–Trinajstić information content (AvgIpc) is 2.83. The molecule has 0 atom stereocenters. The molecular formula is C13H15N3. The Kier molecular flexibility index (Phi) is 2.07. The molecule has 3 nitrogen and oxygen atoms in total. The highest BCUT2D eigenvalue weighted by molar-refractivity contribution is 5.60. The molecule has 3 N–H and O–H groups in total. The molecule has 3 heteroatoms. The summed E-state index contributed by atoms with van der Waals surface area (Å²) in [4.78, 5) is 7.45. The fourth-order valence-electron chi connectivity index (χ4n) is 2.03. The van der Waals surface area contributed by atoms with Crippen LogP contribution < -0.4 is 5.73 Å². The summed E-state index contributed by atoms with van der Waals surface area (Å²) in [5, 5.41) is 0. The third-order valence-corrected chi connectivity index (χ3v) is 3.21. The number of rotatable bonds is 3. The fraction of sp³-hybridized carbons (Fsp3) is 0.308. The first-order valence-corrected chi connectivity index (χ1v) is 5.63. The summed E-state index contributed by atoms with van der Waals surface area (Å²) in [6, 6.07) is 8.34. The highest BCUT2D eigenvalue weighted by Gasteiger charge is 2.38. The number of hydrogen-bond acceptors (Lipinski definition) is 2. The molecule has 16 heavy (non-hydrogen) atoms. The molecule has 1 heterocycles. The lowest BCUT2D eigenvalue weighted by molar-refractivity contribution is 0.673. The highest BCUT2D eigenvalue weighted by atomic mass is 14.9. The first kappa shape index (κ1) is 9.60. The molecule has 0 saturated heterocycles. The van der Waals surface area contributed by atoms with E-state index in [0.717, 1.165) is 25.1 Å². The van der Waals surface area contributed by atoms with Gasteiger partial charge in [0.15, 0.2) is 0 Å². The first-order valence-electron chi connectivity index (χ1n) is 5.63. The van der Waals surface area contributed by atoms with Crippen LogP contribution in [0, 0.1) is 0 Å². The quantitative estimate of drug-likeness (QED) is 0.820. The molecule has 3 rings (SSSR count). The summed E-state index contributed by atoms with van der Waals surface area (Å²) in [6.45, 7) is 0. The summed E-state index contributed by atoms with van der Waals surface area (Å²) >= 11 is 0. The van der Waals surface area contributed by atoms with E-state index < -0.39 is 0 Å². The van der Waals surface area contributed by atoms with E-state index in [1.807, 2.05) is 12.3 Å². The van der Waals surface area contributed by atoms with E-state index in [1.54, 1.807) is 6.20 Å². The molecule has 1 aliphatic carbocycles. The van der Waals surface area contributed by atoms with Crippen LogP contribution in [0.1, 0.15) is 18.4 Å². The molecule has 0 spiro atoms. The maximum absolute atomic E-state index is 6.17. The molecule has 1 fully saturated rings. The van der Waals surface area contributed by atoms with Gasteiger partial charge in [-0.2, -0.15) is 0 Å². The van der Waals surface area contributed by atoms with Crippen LogP contribution in [0.4, 0.5) is 0 Å². The lowest BCUT2D eigenvalue weighted by Gasteiger charge is -2.11. The van der Waals surface area contributed by atoms with Gasteiger partial charge in [-0.25, -0.2) is 4.98 Å². The van der Waals surface area contributed by atoms with Gasteiger partial charge >= 0.3 is 0 Å². The first-order chi connectivity index (χ1) is 7.77. The number of nitrogens with one attached hydrogen (secondary N) is 1. The van der Waals surface area contributed by atoms with Crippen molar-refractivity contribution in [2.45, 2.75) is 24.8 Å². The Balaban J connectivity index is 1.98. The van der Waals surface area contributed by atoms with Gasteiger partial charge in [0.25, 0.3) is 0 Å². The molecule has 1 aromatic carbocycles. The maximum atomic E-state index is 6.17. The normalized spacial score (nSPS) is 17.3. The molecule has 2 aromatic rings. The molecule has 0 unspecified atom stereocenters. The zero-order valence-corrected chi connectivity index (χ0v) is 9.11. The van der Waals surface area contributed by atoms with E-state index >= 15 is 0 Å². The van der Waals surface area contributed by atoms with E-state index in [2.05, 4.69) is 28.2 Å². The summed E-state index contributed by atoms with van der Waals surface area (Å²) < 4.78 is 0. The number of nitrogens with zero attached hydrogens (tertiary/aromatic N) is 1. The van der Waals surface area contributed by atoms with Crippen LogP contribution in [0.15, 0.2) is 36.7 Å². The van der Waals surface area contributed by atoms with Crippen molar-refractivity contribution in [2.75, 3.05) is 0 Å². The van der Waals surface area contributed by atoms with Crippen LogP contribution in [-0.2, 0) is 6.42 Å². The molecule has 1 aromatic heterocycles. The van der Waals surface area contributed by atoms with Crippen LogP contribution >= 0.6 is 0 Å². The number of aromatic amines is 1. The molecule has 1 aliphatic rings. The van der Waals surface area contributed by atoms with E-state index in [1.165, 1.54) is 11.1 Å². The van der Waals surface area contributed by atoms with Crippen LogP contribution in [0.25, 0.3) is 11.4 Å². The Labute approximate surface area is 94.7 Å². The van der Waals surface area contributed by atoms with Gasteiger partial charge in [-0.3, -0.25) is 0 Å². The third-order valence-electron chi connectivity index (χ3n) is 3.21. The third kappa shape index (κ3) is 1.74. The van der Waals surface area contributed by atoms with Crippen molar-refractivity contribution in [3.05, 3.63) is 42.2 Å². The summed E-state index contributed by atoms with van der Waals surface area (Å²) in [5.74, 6) is 0.930. The molecule has 1 saturated carbocycles. The molecule has 82 valence electrons. The van der Waals surface area contributed by atoms with Gasteiger partial charge in [-0.05, 0) is 24.8 Å². The summed E-state index contributed by atoms with van der Waals surface area (Å²) in [5.41, 5.74) is 8.67. The topological polar surface area (TPSA) is 54.7 Å². The van der Waals surface area contributed by atoms with Crippen LogP contribution in [0.5, 0.6) is 0 Å². The highest BCUT2D eigenvalue weighted by Crippen LogP contribution is 2.37. The van der Waals surface area contributed by atoms with E-state index in [9.17, 15) is 0 Å². The molecular weight excluding hydrogens is 198 g/mol. The number of nitrogens with two attached hydrogens (primary N) is 1. The standard InChI is InChI=1S/C13H15N3/c14-13(5-6-13)9-10-3-1-2-4-11(10)12-15-7-8-16-12/h1-4,7-8H,5-6,9,14H2,(H,15,16). The zero-order valence-electron chi connectivity index (χ0n) is 9.11. The van der Waals surface area contributed by atoms with Crippen molar-refractivity contribution in [1.82, 2.24) is 9.97 Å². The minimum Gasteiger partial charge on any atom is -0.345 e. The molecule has 0 bridgehead atoms. The second-order valence-corrected chi connectivity index (χ2v) is 4.63. The summed E-state index contributed by atoms with van der Waals surface area (Å²) in [6.07, 6.45) is 6.85. The van der Waals surface area contributed by atoms with Gasteiger partial charge in [-0.1, -0.05) is 24.3 Å². The second-order valence-electron chi connectivity index (χ2n) is 4.63. The Morgan fingerprint density at radius 3 is 2.81 bits per heavy atom. The maximum Gasteiger partial charge on any atom is 0.137 e. The zero-order chi connectivity index (χ0) is 11.0. The lowest BCUT2D eigenvalue weighted by Crippen LogP contribution is -2.24. The smallest absolute Gasteiger partial charge is 0.137 e. The largest absolute Gasteiger partial charge is 0.345 e. The van der Waals surface area contributed by atoms with Crippen molar-refractivity contribution in [3.8, 4) is 11.4 Å². The van der Waals surface area contributed by atoms with Crippen molar-refractivity contribution >= 4 is 0 Å². The van der Waals surface area contributed by atoms with Crippen molar-refractivity contribution in [3.63, 3.8) is 0 Å². The monoisotopic (exact) mass is 213 g/mol. The van der Waals surface area contributed by atoms with E-state index in [0.29, 0.717) is 0 Å². The Bertz CT molecular complexity index is 484. The average molecular weight is 213 g/mol. The Morgan fingerprint density at radius 2 is 2.12 bits per heavy atom. The number of aromatic nitrogens is 2. The number of H-pyrrole nitrogens is 1. The number of imidazole rings is 1. The fourth-order valence-corrected chi connectivity index (χ4v) is 2.03. The van der Waals surface area contributed by atoms with E-state index in [-0.39, 0.29) is 5.54 Å². The van der Waals surface area contributed by atoms with Crippen LogP contribution in [0.2, 0.25) is 0 Å². The SMILES string of the molecule is NC1(Cc2ccccc2-c2ncc[nH]2)CC1. The minimum atomic E-state index is 0.0443. The Hall–Kier alpha value is -1.61. The molecule has 0 radical (unpaired) electrons. The molecule has 0 aliphatic heterocycles. The van der Waals surface area contributed by atoms with Gasteiger partial charge in [-0.15, -0.1) is 0 Å². The summed E-state index contributed by atoms with van der Waals surface area (Å²) in [7, 11) is 0. The number of hydrogen-bond donors (Lipinski definition) is 2. The van der Waals surface area contributed by atoms with Gasteiger partial charge < -0.3 is 10.7 Å².